The summed E-state index contributed by atoms with van der Waals surface area (Å²) in [6.45, 7) is 7.11. The topological polar surface area (TPSA) is 74.6 Å². The molecule has 0 saturated carbocycles. The molecule has 0 amide bonds. The molecule has 1 aromatic carbocycles. The molecular formula is C15H16O4. The Morgan fingerprint density at radius 1 is 1.26 bits per heavy atom. The van der Waals surface area contributed by atoms with Crippen molar-refractivity contribution in [2.45, 2.75) is 12.8 Å². The Morgan fingerprint density at radius 2 is 1.95 bits per heavy atom. The van der Waals surface area contributed by atoms with E-state index >= 15 is 0 Å². The molecule has 0 aliphatic rings. The van der Waals surface area contributed by atoms with Crippen molar-refractivity contribution < 1.29 is 19.8 Å². The number of aromatic carboxylic acids is 1. The summed E-state index contributed by atoms with van der Waals surface area (Å²) in [4.78, 5) is 22.0. The third-order valence-corrected chi connectivity index (χ3v) is 2.96. The SMILES string of the molecule is C=Cc1c(CCC(C=C)C(=O)O)cccc1C(=O)O. The van der Waals surface area contributed by atoms with Crippen LogP contribution in [0, 0.1) is 5.92 Å². The molecule has 0 saturated heterocycles. The minimum atomic E-state index is -1.02. The number of carbonyl (C=O) groups is 2. The molecule has 4 nitrogen and oxygen atoms in total. The van der Waals surface area contributed by atoms with Gasteiger partial charge in [-0.05, 0) is 30.0 Å². The van der Waals surface area contributed by atoms with Gasteiger partial charge in [0.1, 0.15) is 0 Å². The Morgan fingerprint density at radius 3 is 2.42 bits per heavy atom. The molecule has 4 heteroatoms. The van der Waals surface area contributed by atoms with E-state index in [2.05, 4.69) is 13.2 Å². The third kappa shape index (κ3) is 3.55. The number of carboxylic acid groups (broad SMARTS) is 2. The maximum atomic E-state index is 11.1. The van der Waals surface area contributed by atoms with E-state index in [-0.39, 0.29) is 5.56 Å². The number of aryl methyl sites for hydroxylation is 1. The minimum Gasteiger partial charge on any atom is -0.481 e. The first-order valence-corrected chi connectivity index (χ1v) is 5.84. The lowest BCUT2D eigenvalue weighted by Crippen LogP contribution is -2.12. The van der Waals surface area contributed by atoms with E-state index in [9.17, 15) is 9.59 Å². The van der Waals surface area contributed by atoms with E-state index in [1.165, 1.54) is 18.2 Å². The molecule has 0 heterocycles. The second kappa shape index (κ2) is 6.54. The predicted octanol–water partition coefficient (Wildman–Crippen LogP) is 2.85. The summed E-state index contributed by atoms with van der Waals surface area (Å²) in [6, 6.07) is 4.94. The van der Waals surface area contributed by atoms with Crippen molar-refractivity contribution in [3.63, 3.8) is 0 Å². The van der Waals surface area contributed by atoms with Crippen LogP contribution in [0.15, 0.2) is 37.4 Å². The standard InChI is InChI=1S/C15H16O4/c1-3-10(14(16)17)8-9-11-6-5-7-13(15(18)19)12(11)4-2/h3-7,10H,1-2,8-9H2,(H,16,17)(H,18,19). The summed E-state index contributed by atoms with van der Waals surface area (Å²) < 4.78 is 0. The van der Waals surface area contributed by atoms with Crippen LogP contribution in [0.4, 0.5) is 0 Å². The van der Waals surface area contributed by atoms with Gasteiger partial charge in [0.05, 0.1) is 11.5 Å². The first-order chi connectivity index (χ1) is 9.01. The molecule has 0 bridgehead atoms. The summed E-state index contributed by atoms with van der Waals surface area (Å²) in [5, 5.41) is 18.0. The molecule has 0 fully saturated rings. The van der Waals surface area contributed by atoms with E-state index in [0.29, 0.717) is 18.4 Å². The number of hydrogen-bond donors (Lipinski definition) is 2. The maximum absolute atomic E-state index is 11.1. The zero-order chi connectivity index (χ0) is 14.4. The Kier molecular flexibility index (Phi) is 5.06. The summed E-state index contributed by atoms with van der Waals surface area (Å²) in [7, 11) is 0. The Hall–Kier alpha value is -2.36. The molecular weight excluding hydrogens is 244 g/mol. The van der Waals surface area contributed by atoms with Crippen LogP contribution < -0.4 is 0 Å². The smallest absolute Gasteiger partial charge is 0.336 e. The zero-order valence-corrected chi connectivity index (χ0v) is 10.5. The van der Waals surface area contributed by atoms with Gasteiger partial charge in [0.2, 0.25) is 0 Å². The van der Waals surface area contributed by atoms with Gasteiger partial charge in [-0.2, -0.15) is 0 Å². The Labute approximate surface area is 111 Å². The molecule has 0 aliphatic carbocycles. The van der Waals surface area contributed by atoms with Gasteiger partial charge < -0.3 is 10.2 Å². The second-order valence-electron chi connectivity index (χ2n) is 4.11. The second-order valence-corrected chi connectivity index (χ2v) is 4.11. The van der Waals surface area contributed by atoms with Crippen molar-refractivity contribution >= 4 is 18.0 Å². The van der Waals surface area contributed by atoms with Crippen LogP contribution in [0.3, 0.4) is 0 Å². The first-order valence-electron chi connectivity index (χ1n) is 5.84. The molecule has 1 unspecified atom stereocenters. The molecule has 1 atom stereocenters. The van der Waals surface area contributed by atoms with Gasteiger partial charge in [-0.15, -0.1) is 6.58 Å². The lowest BCUT2D eigenvalue weighted by Gasteiger charge is -2.11. The average molecular weight is 260 g/mol. The Bertz CT molecular complexity index is 517. The van der Waals surface area contributed by atoms with Crippen molar-refractivity contribution in [1.82, 2.24) is 0 Å². The predicted molar refractivity (Wildman–Crippen MR) is 73.1 cm³/mol. The highest BCUT2D eigenvalue weighted by atomic mass is 16.4. The molecule has 0 aromatic heterocycles. The van der Waals surface area contributed by atoms with Crippen molar-refractivity contribution in [1.29, 1.82) is 0 Å². The molecule has 0 aliphatic heterocycles. The molecule has 100 valence electrons. The maximum Gasteiger partial charge on any atom is 0.336 e. The number of carboxylic acids is 2. The third-order valence-electron chi connectivity index (χ3n) is 2.96. The Balaban J connectivity index is 2.98. The summed E-state index contributed by atoms with van der Waals surface area (Å²) >= 11 is 0. The molecule has 19 heavy (non-hydrogen) atoms. The van der Waals surface area contributed by atoms with E-state index in [1.807, 2.05) is 0 Å². The largest absolute Gasteiger partial charge is 0.481 e. The minimum absolute atomic E-state index is 0.179. The van der Waals surface area contributed by atoms with Gasteiger partial charge in [0.15, 0.2) is 0 Å². The normalized spacial score (nSPS) is 11.6. The van der Waals surface area contributed by atoms with Crippen LogP contribution in [0.5, 0.6) is 0 Å². The van der Waals surface area contributed by atoms with Gasteiger partial charge in [-0.25, -0.2) is 4.79 Å². The quantitative estimate of drug-likeness (QED) is 0.739. The van der Waals surface area contributed by atoms with Crippen LogP contribution in [0.2, 0.25) is 0 Å². The highest BCUT2D eigenvalue weighted by molar-refractivity contribution is 5.92. The summed E-state index contributed by atoms with van der Waals surface area (Å²) in [5.74, 6) is -2.58. The zero-order valence-electron chi connectivity index (χ0n) is 10.5. The number of aliphatic carboxylic acids is 1. The van der Waals surface area contributed by atoms with Crippen LogP contribution in [0.25, 0.3) is 6.08 Å². The lowest BCUT2D eigenvalue weighted by atomic mass is 9.94. The highest BCUT2D eigenvalue weighted by Crippen LogP contribution is 2.20. The van der Waals surface area contributed by atoms with Gasteiger partial charge in [0.25, 0.3) is 0 Å². The fourth-order valence-corrected chi connectivity index (χ4v) is 1.91. The molecule has 0 radical (unpaired) electrons. The van der Waals surface area contributed by atoms with Crippen molar-refractivity contribution in [3.05, 3.63) is 54.1 Å². The number of hydrogen-bond acceptors (Lipinski definition) is 2. The van der Waals surface area contributed by atoms with E-state index in [1.54, 1.807) is 12.1 Å². The molecule has 1 rings (SSSR count). The molecule has 1 aromatic rings. The lowest BCUT2D eigenvalue weighted by molar-refractivity contribution is -0.140. The van der Waals surface area contributed by atoms with Gasteiger partial charge in [-0.1, -0.05) is 30.9 Å². The summed E-state index contributed by atoms with van der Waals surface area (Å²) in [6.07, 6.45) is 3.72. The fourth-order valence-electron chi connectivity index (χ4n) is 1.91. The van der Waals surface area contributed by atoms with E-state index < -0.39 is 17.9 Å². The van der Waals surface area contributed by atoms with E-state index in [4.69, 9.17) is 10.2 Å². The van der Waals surface area contributed by atoms with E-state index in [0.717, 1.165) is 5.56 Å². The fraction of sp³-hybridized carbons (Fsp3) is 0.200. The number of benzene rings is 1. The highest BCUT2D eigenvalue weighted by Gasteiger charge is 2.16. The van der Waals surface area contributed by atoms with Gasteiger partial charge in [-0.3, -0.25) is 4.79 Å². The van der Waals surface area contributed by atoms with Crippen LogP contribution in [-0.4, -0.2) is 22.2 Å². The van der Waals surface area contributed by atoms with Gasteiger partial charge >= 0.3 is 11.9 Å². The summed E-state index contributed by atoms with van der Waals surface area (Å²) in [5.41, 5.74) is 1.50. The monoisotopic (exact) mass is 260 g/mol. The number of rotatable bonds is 7. The van der Waals surface area contributed by atoms with Gasteiger partial charge in [0, 0.05) is 0 Å². The van der Waals surface area contributed by atoms with Crippen LogP contribution >= 0.6 is 0 Å². The first kappa shape index (κ1) is 14.7. The average Bonchev–Trinajstić information content (AvgIpc) is 2.38. The molecule has 0 spiro atoms. The van der Waals surface area contributed by atoms with Crippen molar-refractivity contribution in [2.75, 3.05) is 0 Å². The molecule has 2 N–H and O–H groups in total. The van der Waals surface area contributed by atoms with Crippen molar-refractivity contribution in [2.24, 2.45) is 5.92 Å². The van der Waals surface area contributed by atoms with Crippen LogP contribution in [-0.2, 0) is 11.2 Å². The van der Waals surface area contributed by atoms with Crippen molar-refractivity contribution in [3.8, 4) is 0 Å². The van der Waals surface area contributed by atoms with Crippen LogP contribution in [0.1, 0.15) is 27.9 Å².